The molecule has 0 bridgehead atoms. The van der Waals surface area contributed by atoms with E-state index in [0.29, 0.717) is 19.7 Å². The quantitative estimate of drug-likeness (QED) is 0.705. The molecule has 0 saturated carbocycles. The van der Waals surface area contributed by atoms with Crippen LogP contribution in [0.15, 0.2) is 22.7 Å². The zero-order chi connectivity index (χ0) is 14.1. The Morgan fingerprint density at radius 1 is 1.37 bits per heavy atom. The molecule has 0 spiro atoms. The summed E-state index contributed by atoms with van der Waals surface area (Å²) in [5, 5.41) is 5.83. The zero-order valence-electron chi connectivity index (χ0n) is 11.2. The fourth-order valence-electron chi connectivity index (χ4n) is 1.48. The minimum atomic E-state index is -0.0453. The van der Waals surface area contributed by atoms with Crippen molar-refractivity contribution in [2.75, 3.05) is 33.9 Å². The Kier molecular flexibility index (Phi) is 7.47. The van der Waals surface area contributed by atoms with Gasteiger partial charge in [0.05, 0.1) is 20.3 Å². The number of hydrogen-bond donors (Lipinski definition) is 2. The number of ether oxygens (including phenoxy) is 2. The van der Waals surface area contributed by atoms with Crippen molar-refractivity contribution in [3.8, 4) is 5.75 Å². The van der Waals surface area contributed by atoms with Crippen LogP contribution in [0.5, 0.6) is 5.75 Å². The summed E-state index contributed by atoms with van der Waals surface area (Å²) in [5.41, 5.74) is 1.05. The van der Waals surface area contributed by atoms with E-state index >= 15 is 0 Å². The Labute approximate surface area is 121 Å². The van der Waals surface area contributed by atoms with Crippen LogP contribution in [0.25, 0.3) is 0 Å². The van der Waals surface area contributed by atoms with Crippen molar-refractivity contribution in [1.29, 1.82) is 0 Å². The minimum Gasteiger partial charge on any atom is -0.497 e. The number of nitrogens with one attached hydrogen (secondary N) is 2. The first-order chi connectivity index (χ1) is 9.17. The molecule has 19 heavy (non-hydrogen) atoms. The number of benzene rings is 1. The topological polar surface area (TPSA) is 59.6 Å². The molecule has 0 aliphatic rings. The molecule has 1 aromatic rings. The Bertz CT molecular complexity index is 413. The smallest absolute Gasteiger partial charge is 0.234 e. The van der Waals surface area contributed by atoms with Crippen molar-refractivity contribution < 1.29 is 14.3 Å². The Morgan fingerprint density at radius 2 is 2.16 bits per heavy atom. The lowest BCUT2D eigenvalue weighted by Crippen LogP contribution is -2.35. The summed E-state index contributed by atoms with van der Waals surface area (Å²) in [6.07, 6.45) is 0. The van der Waals surface area contributed by atoms with Gasteiger partial charge in [-0.1, -0.05) is 15.9 Å². The number of halogens is 1. The highest BCUT2D eigenvalue weighted by Gasteiger charge is 2.04. The molecule has 1 aromatic carbocycles. The van der Waals surface area contributed by atoms with Crippen molar-refractivity contribution in [2.45, 2.75) is 6.54 Å². The van der Waals surface area contributed by atoms with E-state index < -0.39 is 0 Å². The van der Waals surface area contributed by atoms with Gasteiger partial charge in [0.25, 0.3) is 0 Å². The molecule has 0 saturated heterocycles. The fraction of sp³-hybridized carbons (Fsp3) is 0.462. The molecule has 106 valence electrons. The molecule has 0 aromatic heterocycles. The number of rotatable bonds is 8. The second kappa shape index (κ2) is 8.90. The van der Waals surface area contributed by atoms with Crippen LogP contribution < -0.4 is 15.4 Å². The molecule has 0 unspecified atom stereocenters. The van der Waals surface area contributed by atoms with Gasteiger partial charge in [0.15, 0.2) is 0 Å². The van der Waals surface area contributed by atoms with Gasteiger partial charge in [-0.3, -0.25) is 4.79 Å². The van der Waals surface area contributed by atoms with Gasteiger partial charge in [0.1, 0.15) is 5.75 Å². The molecule has 0 fully saturated rings. The van der Waals surface area contributed by atoms with Crippen LogP contribution >= 0.6 is 15.9 Å². The first-order valence-corrected chi connectivity index (χ1v) is 6.75. The average Bonchev–Trinajstić information content (AvgIpc) is 2.41. The Balaban J connectivity index is 2.34. The van der Waals surface area contributed by atoms with Gasteiger partial charge < -0.3 is 20.1 Å². The number of carbonyl (C=O) groups is 1. The van der Waals surface area contributed by atoms with Crippen LogP contribution in [-0.4, -0.2) is 39.8 Å². The van der Waals surface area contributed by atoms with E-state index in [2.05, 4.69) is 26.6 Å². The van der Waals surface area contributed by atoms with Gasteiger partial charge in [-0.15, -0.1) is 0 Å². The van der Waals surface area contributed by atoms with E-state index in [1.807, 2.05) is 18.2 Å². The van der Waals surface area contributed by atoms with Crippen LogP contribution in [0, 0.1) is 0 Å². The SMILES string of the molecule is COCCNC(=O)CNCc1cc(OC)ccc1Br. The molecule has 1 rings (SSSR count). The molecule has 6 heteroatoms. The third-order valence-corrected chi connectivity index (χ3v) is 3.26. The summed E-state index contributed by atoms with van der Waals surface area (Å²) in [7, 11) is 3.23. The van der Waals surface area contributed by atoms with E-state index in [1.165, 1.54) is 0 Å². The van der Waals surface area contributed by atoms with Crippen molar-refractivity contribution >= 4 is 21.8 Å². The molecule has 0 aliphatic carbocycles. The largest absolute Gasteiger partial charge is 0.497 e. The maximum absolute atomic E-state index is 11.5. The predicted octanol–water partition coefficient (Wildman–Crippen LogP) is 1.31. The Morgan fingerprint density at radius 3 is 2.84 bits per heavy atom. The molecule has 0 atom stereocenters. The predicted molar refractivity (Wildman–Crippen MR) is 77.3 cm³/mol. The molecule has 1 amide bonds. The summed E-state index contributed by atoms with van der Waals surface area (Å²) in [5.74, 6) is 0.751. The maximum atomic E-state index is 11.5. The summed E-state index contributed by atoms with van der Waals surface area (Å²) < 4.78 is 11.0. The van der Waals surface area contributed by atoms with Crippen molar-refractivity contribution in [3.05, 3.63) is 28.2 Å². The lowest BCUT2D eigenvalue weighted by molar-refractivity contribution is -0.120. The molecular formula is C13H19BrN2O3. The van der Waals surface area contributed by atoms with E-state index in [0.717, 1.165) is 15.8 Å². The van der Waals surface area contributed by atoms with Crippen LogP contribution in [0.4, 0.5) is 0 Å². The number of methoxy groups -OCH3 is 2. The lowest BCUT2D eigenvalue weighted by Gasteiger charge is -2.09. The number of amides is 1. The van der Waals surface area contributed by atoms with Gasteiger partial charge in [-0.2, -0.15) is 0 Å². The molecule has 0 aliphatic heterocycles. The maximum Gasteiger partial charge on any atom is 0.234 e. The molecule has 0 heterocycles. The van der Waals surface area contributed by atoms with Crippen LogP contribution in [0.2, 0.25) is 0 Å². The van der Waals surface area contributed by atoms with Gasteiger partial charge in [-0.25, -0.2) is 0 Å². The summed E-state index contributed by atoms with van der Waals surface area (Å²) >= 11 is 3.47. The lowest BCUT2D eigenvalue weighted by atomic mass is 10.2. The van der Waals surface area contributed by atoms with E-state index in [1.54, 1.807) is 14.2 Å². The van der Waals surface area contributed by atoms with Gasteiger partial charge in [-0.05, 0) is 23.8 Å². The number of carbonyl (C=O) groups excluding carboxylic acids is 1. The third-order valence-electron chi connectivity index (χ3n) is 2.48. The molecule has 0 radical (unpaired) electrons. The van der Waals surface area contributed by atoms with Gasteiger partial charge in [0.2, 0.25) is 5.91 Å². The highest BCUT2D eigenvalue weighted by atomic mass is 79.9. The molecule has 2 N–H and O–H groups in total. The highest BCUT2D eigenvalue weighted by Crippen LogP contribution is 2.22. The van der Waals surface area contributed by atoms with Crippen molar-refractivity contribution in [1.82, 2.24) is 10.6 Å². The normalized spacial score (nSPS) is 10.3. The van der Waals surface area contributed by atoms with Crippen LogP contribution in [0.3, 0.4) is 0 Å². The second-order valence-electron chi connectivity index (χ2n) is 3.90. The van der Waals surface area contributed by atoms with Crippen molar-refractivity contribution in [3.63, 3.8) is 0 Å². The van der Waals surface area contributed by atoms with Crippen LogP contribution in [-0.2, 0) is 16.1 Å². The summed E-state index contributed by atoms with van der Waals surface area (Å²) in [4.78, 5) is 11.5. The first-order valence-electron chi connectivity index (χ1n) is 5.96. The molecular weight excluding hydrogens is 312 g/mol. The standard InChI is InChI=1S/C13H19BrN2O3/c1-18-6-5-16-13(17)9-15-8-10-7-11(19-2)3-4-12(10)14/h3-4,7,15H,5-6,8-9H2,1-2H3,(H,16,17). The number of hydrogen-bond acceptors (Lipinski definition) is 4. The second-order valence-corrected chi connectivity index (χ2v) is 4.76. The first kappa shape index (κ1) is 15.9. The third kappa shape index (κ3) is 6.04. The van der Waals surface area contributed by atoms with E-state index in [-0.39, 0.29) is 12.5 Å². The summed E-state index contributed by atoms with van der Waals surface area (Å²) in [6.45, 7) is 1.91. The van der Waals surface area contributed by atoms with Crippen LogP contribution in [0.1, 0.15) is 5.56 Å². The monoisotopic (exact) mass is 330 g/mol. The Hall–Kier alpha value is -1.11. The van der Waals surface area contributed by atoms with E-state index in [9.17, 15) is 4.79 Å². The molecule has 5 nitrogen and oxygen atoms in total. The van der Waals surface area contributed by atoms with E-state index in [4.69, 9.17) is 9.47 Å². The highest BCUT2D eigenvalue weighted by molar-refractivity contribution is 9.10. The summed E-state index contributed by atoms with van der Waals surface area (Å²) in [6, 6.07) is 5.74. The minimum absolute atomic E-state index is 0.0453. The average molecular weight is 331 g/mol. The fourth-order valence-corrected chi connectivity index (χ4v) is 1.87. The zero-order valence-corrected chi connectivity index (χ0v) is 12.7. The van der Waals surface area contributed by atoms with Gasteiger partial charge in [0, 0.05) is 24.7 Å². The van der Waals surface area contributed by atoms with Gasteiger partial charge >= 0.3 is 0 Å². The van der Waals surface area contributed by atoms with Crippen molar-refractivity contribution in [2.24, 2.45) is 0 Å².